The van der Waals surface area contributed by atoms with Crippen molar-refractivity contribution in [3.05, 3.63) is 58.3 Å². The summed E-state index contributed by atoms with van der Waals surface area (Å²) in [5.41, 5.74) is 2.11. The number of nitro groups is 1. The van der Waals surface area contributed by atoms with E-state index in [2.05, 4.69) is 10.3 Å². The van der Waals surface area contributed by atoms with Crippen LogP contribution in [0.15, 0.2) is 42.5 Å². The van der Waals surface area contributed by atoms with Crippen molar-refractivity contribution in [2.24, 2.45) is 5.92 Å². The highest BCUT2D eigenvalue weighted by Crippen LogP contribution is 2.28. The Morgan fingerprint density at radius 3 is 2.77 bits per heavy atom. The second-order valence-corrected chi connectivity index (χ2v) is 5.31. The smallest absolute Gasteiger partial charge is 0.270 e. The first-order valence-electron chi connectivity index (χ1n) is 7.12. The Hall–Kier alpha value is -2.76. The van der Waals surface area contributed by atoms with Gasteiger partial charge in [0.25, 0.3) is 5.69 Å². The highest BCUT2D eigenvalue weighted by molar-refractivity contribution is 5.80. The molecule has 1 aliphatic rings. The summed E-state index contributed by atoms with van der Waals surface area (Å²) in [6.07, 6.45) is 1.93. The molecule has 1 saturated carbocycles. The van der Waals surface area contributed by atoms with Gasteiger partial charge in [-0.1, -0.05) is 18.2 Å². The fraction of sp³-hybridized carbons (Fsp3) is 0.250. The Balaban J connectivity index is 1.76. The molecular weight excluding hydrogens is 282 g/mol. The van der Waals surface area contributed by atoms with Crippen molar-refractivity contribution in [1.29, 1.82) is 0 Å². The third kappa shape index (κ3) is 3.28. The molecule has 1 fully saturated rings. The zero-order chi connectivity index (χ0) is 15.5. The van der Waals surface area contributed by atoms with Crippen LogP contribution in [0.2, 0.25) is 0 Å². The molecule has 1 amide bonds. The summed E-state index contributed by atoms with van der Waals surface area (Å²) >= 11 is 0. The van der Waals surface area contributed by atoms with Crippen molar-refractivity contribution in [2.75, 3.05) is 0 Å². The lowest BCUT2D eigenvalue weighted by atomic mass is 10.1. The first-order valence-corrected chi connectivity index (χ1v) is 7.12. The van der Waals surface area contributed by atoms with Crippen LogP contribution < -0.4 is 5.32 Å². The number of carbonyl (C=O) groups is 1. The van der Waals surface area contributed by atoms with Gasteiger partial charge in [0.05, 0.1) is 22.9 Å². The summed E-state index contributed by atoms with van der Waals surface area (Å²) in [6.45, 7) is 0.373. The largest absolute Gasteiger partial charge is 0.350 e. The minimum Gasteiger partial charge on any atom is -0.350 e. The van der Waals surface area contributed by atoms with Gasteiger partial charge in [-0.2, -0.15) is 0 Å². The predicted octanol–water partition coefficient (Wildman–Crippen LogP) is 2.68. The van der Waals surface area contributed by atoms with Crippen LogP contribution in [-0.2, 0) is 11.3 Å². The lowest BCUT2D eigenvalue weighted by Crippen LogP contribution is -2.24. The number of nitro benzene ring substituents is 1. The fourth-order valence-corrected chi connectivity index (χ4v) is 2.19. The second kappa shape index (κ2) is 5.93. The third-order valence-corrected chi connectivity index (χ3v) is 3.55. The third-order valence-electron chi connectivity index (χ3n) is 3.55. The molecule has 0 bridgehead atoms. The predicted molar refractivity (Wildman–Crippen MR) is 80.9 cm³/mol. The number of hydrogen-bond acceptors (Lipinski definition) is 4. The van der Waals surface area contributed by atoms with Crippen molar-refractivity contribution in [3.63, 3.8) is 0 Å². The molecule has 0 unspecified atom stereocenters. The molecule has 1 heterocycles. The van der Waals surface area contributed by atoms with E-state index in [0.717, 1.165) is 18.5 Å². The van der Waals surface area contributed by atoms with Gasteiger partial charge in [0.1, 0.15) is 0 Å². The molecule has 3 rings (SSSR count). The van der Waals surface area contributed by atoms with E-state index in [0.29, 0.717) is 17.8 Å². The number of non-ortho nitro benzene ring substituents is 1. The van der Waals surface area contributed by atoms with E-state index in [1.807, 2.05) is 12.1 Å². The second-order valence-electron chi connectivity index (χ2n) is 5.31. The molecule has 1 N–H and O–H groups in total. The average molecular weight is 297 g/mol. The van der Waals surface area contributed by atoms with Crippen LogP contribution in [0.4, 0.5) is 5.69 Å². The van der Waals surface area contributed by atoms with E-state index >= 15 is 0 Å². The first kappa shape index (κ1) is 14.2. The van der Waals surface area contributed by atoms with Crippen LogP contribution in [0.5, 0.6) is 0 Å². The van der Waals surface area contributed by atoms with Crippen molar-refractivity contribution in [2.45, 2.75) is 19.4 Å². The number of hydrogen-bond donors (Lipinski definition) is 1. The van der Waals surface area contributed by atoms with E-state index in [1.165, 1.54) is 12.1 Å². The highest BCUT2D eigenvalue weighted by atomic mass is 16.6. The minimum atomic E-state index is -0.427. The summed E-state index contributed by atoms with van der Waals surface area (Å²) in [6, 6.07) is 11.8. The molecule has 6 heteroatoms. The molecule has 1 aromatic carbocycles. The quantitative estimate of drug-likeness (QED) is 0.679. The molecule has 22 heavy (non-hydrogen) atoms. The molecule has 1 aromatic heterocycles. The van der Waals surface area contributed by atoms with Gasteiger partial charge in [-0.25, -0.2) is 0 Å². The van der Waals surface area contributed by atoms with E-state index in [4.69, 9.17) is 0 Å². The van der Waals surface area contributed by atoms with Crippen molar-refractivity contribution in [1.82, 2.24) is 10.3 Å². The maximum atomic E-state index is 11.6. The van der Waals surface area contributed by atoms with Crippen LogP contribution in [0, 0.1) is 16.0 Å². The van der Waals surface area contributed by atoms with E-state index in [1.54, 1.807) is 18.2 Å². The SMILES string of the molecule is O=C(NCc1cccc(-c2cccc([N+](=O)[O-])c2)n1)C1CC1. The van der Waals surface area contributed by atoms with Crippen molar-refractivity contribution < 1.29 is 9.72 Å². The van der Waals surface area contributed by atoms with Gasteiger partial charge in [0, 0.05) is 23.6 Å². The van der Waals surface area contributed by atoms with Gasteiger partial charge >= 0.3 is 0 Å². The Morgan fingerprint density at radius 1 is 1.27 bits per heavy atom. The number of benzene rings is 1. The Kier molecular flexibility index (Phi) is 3.82. The van der Waals surface area contributed by atoms with Crippen LogP contribution in [0.3, 0.4) is 0 Å². The fourth-order valence-electron chi connectivity index (χ4n) is 2.19. The zero-order valence-corrected chi connectivity index (χ0v) is 11.9. The van der Waals surface area contributed by atoms with Crippen LogP contribution in [0.1, 0.15) is 18.5 Å². The molecule has 0 saturated heterocycles. The standard InChI is InChI=1S/C16H15N3O3/c20-16(11-7-8-11)17-10-13-4-2-6-15(18-13)12-3-1-5-14(9-12)19(21)22/h1-6,9,11H,7-8,10H2,(H,17,20). The summed E-state index contributed by atoms with van der Waals surface area (Å²) in [5, 5.41) is 13.7. The lowest BCUT2D eigenvalue weighted by Gasteiger charge is -2.06. The zero-order valence-electron chi connectivity index (χ0n) is 11.9. The number of amides is 1. The Bertz CT molecular complexity index is 726. The number of nitrogens with one attached hydrogen (secondary N) is 1. The van der Waals surface area contributed by atoms with Gasteiger partial charge in [-0.05, 0) is 25.0 Å². The molecule has 0 spiro atoms. The number of pyridine rings is 1. The normalized spacial score (nSPS) is 13.6. The summed E-state index contributed by atoms with van der Waals surface area (Å²) in [7, 11) is 0. The lowest BCUT2D eigenvalue weighted by molar-refractivity contribution is -0.384. The van der Waals surface area contributed by atoms with Crippen LogP contribution >= 0.6 is 0 Å². The van der Waals surface area contributed by atoms with E-state index in [-0.39, 0.29) is 17.5 Å². The molecule has 112 valence electrons. The topological polar surface area (TPSA) is 85.1 Å². The van der Waals surface area contributed by atoms with E-state index < -0.39 is 4.92 Å². The van der Waals surface area contributed by atoms with Gasteiger partial charge in [0.2, 0.25) is 5.91 Å². The van der Waals surface area contributed by atoms with Crippen LogP contribution in [0.25, 0.3) is 11.3 Å². The molecular formula is C16H15N3O3. The Labute approximate surface area is 127 Å². The van der Waals surface area contributed by atoms with Gasteiger partial charge < -0.3 is 5.32 Å². The molecule has 2 aromatic rings. The number of rotatable bonds is 5. The monoisotopic (exact) mass is 297 g/mol. The minimum absolute atomic E-state index is 0.0340. The van der Waals surface area contributed by atoms with Gasteiger partial charge in [-0.15, -0.1) is 0 Å². The molecule has 6 nitrogen and oxygen atoms in total. The molecule has 0 radical (unpaired) electrons. The van der Waals surface area contributed by atoms with Crippen molar-refractivity contribution in [3.8, 4) is 11.3 Å². The summed E-state index contributed by atoms with van der Waals surface area (Å²) < 4.78 is 0. The van der Waals surface area contributed by atoms with E-state index in [9.17, 15) is 14.9 Å². The van der Waals surface area contributed by atoms with Gasteiger partial charge in [-0.3, -0.25) is 19.9 Å². The molecule has 0 atom stereocenters. The summed E-state index contributed by atoms with van der Waals surface area (Å²) in [4.78, 5) is 26.5. The number of nitrogens with zero attached hydrogens (tertiary/aromatic N) is 2. The first-order chi connectivity index (χ1) is 10.6. The summed E-state index contributed by atoms with van der Waals surface area (Å²) in [5.74, 6) is 0.238. The maximum Gasteiger partial charge on any atom is 0.270 e. The van der Waals surface area contributed by atoms with Crippen LogP contribution in [-0.4, -0.2) is 15.8 Å². The number of carbonyl (C=O) groups excluding carboxylic acids is 1. The highest BCUT2D eigenvalue weighted by Gasteiger charge is 2.29. The number of aromatic nitrogens is 1. The Morgan fingerprint density at radius 2 is 2.05 bits per heavy atom. The molecule has 1 aliphatic carbocycles. The average Bonchev–Trinajstić information content (AvgIpc) is 3.38. The maximum absolute atomic E-state index is 11.6. The molecule has 0 aliphatic heterocycles. The van der Waals surface area contributed by atoms with Crippen molar-refractivity contribution >= 4 is 11.6 Å². The van der Waals surface area contributed by atoms with Gasteiger partial charge in [0.15, 0.2) is 0 Å².